The van der Waals surface area contributed by atoms with Crippen molar-refractivity contribution in [3.63, 3.8) is 0 Å². The second-order valence-electron chi connectivity index (χ2n) is 5.90. The molecule has 0 saturated heterocycles. The van der Waals surface area contributed by atoms with Crippen molar-refractivity contribution in [2.45, 2.75) is 40.3 Å². The Balaban J connectivity index is 2.13. The first kappa shape index (κ1) is 18.9. The predicted octanol–water partition coefficient (Wildman–Crippen LogP) is 3.31. The van der Waals surface area contributed by atoms with E-state index < -0.39 is 12.0 Å². The van der Waals surface area contributed by atoms with Gasteiger partial charge in [-0.2, -0.15) is 0 Å². The number of ether oxygens (including phenoxy) is 1. The molecule has 5 nitrogen and oxygen atoms in total. The molecule has 1 aromatic heterocycles. The minimum Gasteiger partial charge on any atom is -0.462 e. The van der Waals surface area contributed by atoms with Gasteiger partial charge in [0.15, 0.2) is 5.78 Å². The summed E-state index contributed by atoms with van der Waals surface area (Å²) in [6.07, 6.45) is 0. The molecule has 0 amide bonds. The number of carbonyl (C=O) groups excluding carboxylic acids is 2. The standard InChI is InChI=1S/C19H23FN2O3/c1-5-25-19(24)16-11(2)17(22-12(16)3)18(23)13(4)21-10-14-8-6-7-9-15(14)20/h6-9,13,21-22H,5,10H2,1-4H3. The van der Waals surface area contributed by atoms with Gasteiger partial charge in [0.25, 0.3) is 0 Å². The van der Waals surface area contributed by atoms with Crippen molar-refractivity contribution in [2.75, 3.05) is 6.61 Å². The molecule has 0 fully saturated rings. The number of nitrogens with one attached hydrogen (secondary N) is 2. The van der Waals surface area contributed by atoms with Crippen LogP contribution in [-0.4, -0.2) is 29.4 Å². The molecule has 1 heterocycles. The van der Waals surface area contributed by atoms with Gasteiger partial charge in [0.05, 0.1) is 23.9 Å². The summed E-state index contributed by atoms with van der Waals surface area (Å²) in [4.78, 5) is 27.7. The summed E-state index contributed by atoms with van der Waals surface area (Å²) in [6, 6.07) is 5.88. The van der Waals surface area contributed by atoms with Crippen LogP contribution in [0, 0.1) is 19.7 Å². The average molecular weight is 346 g/mol. The predicted molar refractivity (Wildman–Crippen MR) is 93.3 cm³/mol. The maximum atomic E-state index is 13.7. The molecule has 0 bridgehead atoms. The van der Waals surface area contributed by atoms with E-state index in [4.69, 9.17) is 4.74 Å². The van der Waals surface area contributed by atoms with Crippen LogP contribution in [-0.2, 0) is 11.3 Å². The number of ketones is 1. The Morgan fingerprint density at radius 1 is 1.28 bits per heavy atom. The lowest BCUT2D eigenvalue weighted by Crippen LogP contribution is -2.34. The summed E-state index contributed by atoms with van der Waals surface area (Å²) in [5.74, 6) is -0.946. The SMILES string of the molecule is CCOC(=O)c1c(C)[nH]c(C(=O)C(C)NCc2ccccc2F)c1C. The van der Waals surface area contributed by atoms with Crippen LogP contribution in [0.1, 0.15) is 51.5 Å². The molecule has 0 aliphatic carbocycles. The fourth-order valence-corrected chi connectivity index (χ4v) is 2.72. The molecule has 2 aromatic rings. The lowest BCUT2D eigenvalue weighted by Gasteiger charge is -2.13. The molecule has 0 saturated carbocycles. The fourth-order valence-electron chi connectivity index (χ4n) is 2.72. The third kappa shape index (κ3) is 4.14. The number of carbonyl (C=O) groups is 2. The Bertz CT molecular complexity index is 783. The third-order valence-electron chi connectivity index (χ3n) is 4.11. The summed E-state index contributed by atoms with van der Waals surface area (Å²) in [5, 5.41) is 3.02. The molecule has 134 valence electrons. The number of rotatable bonds is 7. The molecule has 0 radical (unpaired) electrons. The summed E-state index contributed by atoms with van der Waals surface area (Å²) < 4.78 is 18.7. The minimum absolute atomic E-state index is 0.188. The second kappa shape index (κ2) is 8.07. The Morgan fingerprint density at radius 2 is 1.96 bits per heavy atom. The van der Waals surface area contributed by atoms with Crippen LogP contribution < -0.4 is 5.32 Å². The van der Waals surface area contributed by atoms with Crippen molar-refractivity contribution >= 4 is 11.8 Å². The van der Waals surface area contributed by atoms with Crippen LogP contribution in [0.15, 0.2) is 24.3 Å². The molecular weight excluding hydrogens is 323 g/mol. The van der Waals surface area contributed by atoms with Gasteiger partial charge in [0, 0.05) is 17.8 Å². The number of esters is 1. The number of Topliss-reactive ketones (excluding diaryl/α,β-unsaturated/α-hetero) is 1. The largest absolute Gasteiger partial charge is 0.462 e. The van der Waals surface area contributed by atoms with E-state index in [1.807, 2.05) is 0 Å². The fraction of sp³-hybridized carbons (Fsp3) is 0.368. The van der Waals surface area contributed by atoms with E-state index in [1.165, 1.54) is 6.07 Å². The van der Waals surface area contributed by atoms with Gasteiger partial charge in [-0.1, -0.05) is 18.2 Å². The zero-order valence-electron chi connectivity index (χ0n) is 14.9. The highest BCUT2D eigenvalue weighted by molar-refractivity contribution is 6.03. The van der Waals surface area contributed by atoms with E-state index in [2.05, 4.69) is 10.3 Å². The first-order chi connectivity index (χ1) is 11.9. The molecule has 1 aromatic carbocycles. The molecule has 2 rings (SSSR count). The smallest absolute Gasteiger partial charge is 0.340 e. The molecule has 1 unspecified atom stereocenters. The summed E-state index contributed by atoms with van der Waals surface area (Å²) in [6.45, 7) is 7.40. The molecular formula is C19H23FN2O3. The average Bonchev–Trinajstić information content (AvgIpc) is 2.88. The number of halogens is 1. The van der Waals surface area contributed by atoms with E-state index in [9.17, 15) is 14.0 Å². The molecule has 25 heavy (non-hydrogen) atoms. The van der Waals surface area contributed by atoms with Crippen LogP contribution >= 0.6 is 0 Å². The number of H-pyrrole nitrogens is 1. The van der Waals surface area contributed by atoms with E-state index >= 15 is 0 Å². The van der Waals surface area contributed by atoms with Crippen LogP contribution in [0.4, 0.5) is 4.39 Å². The Hall–Kier alpha value is -2.47. The van der Waals surface area contributed by atoms with Crippen molar-refractivity contribution in [2.24, 2.45) is 0 Å². The van der Waals surface area contributed by atoms with Gasteiger partial charge in [-0.25, -0.2) is 9.18 Å². The van der Waals surface area contributed by atoms with Gasteiger partial charge in [-0.05, 0) is 39.3 Å². The van der Waals surface area contributed by atoms with Crippen LogP contribution in [0.5, 0.6) is 0 Å². The highest BCUT2D eigenvalue weighted by Crippen LogP contribution is 2.20. The van der Waals surface area contributed by atoms with Crippen molar-refractivity contribution in [1.29, 1.82) is 0 Å². The normalized spacial score (nSPS) is 12.0. The van der Waals surface area contributed by atoms with E-state index in [-0.39, 0.29) is 24.8 Å². The molecule has 0 aliphatic rings. The van der Waals surface area contributed by atoms with Crippen molar-refractivity contribution < 1.29 is 18.7 Å². The van der Waals surface area contributed by atoms with Gasteiger partial charge in [-0.15, -0.1) is 0 Å². The van der Waals surface area contributed by atoms with Gasteiger partial charge in [0.1, 0.15) is 5.82 Å². The van der Waals surface area contributed by atoms with Gasteiger partial charge < -0.3 is 15.0 Å². The highest BCUT2D eigenvalue weighted by atomic mass is 19.1. The maximum Gasteiger partial charge on any atom is 0.340 e. The highest BCUT2D eigenvalue weighted by Gasteiger charge is 2.25. The van der Waals surface area contributed by atoms with Crippen molar-refractivity contribution in [1.82, 2.24) is 10.3 Å². The minimum atomic E-state index is -0.536. The summed E-state index contributed by atoms with van der Waals surface area (Å²) >= 11 is 0. The number of hydrogen-bond donors (Lipinski definition) is 2. The van der Waals surface area contributed by atoms with E-state index in [0.717, 1.165) is 0 Å². The lowest BCUT2D eigenvalue weighted by atomic mass is 10.0. The van der Waals surface area contributed by atoms with Gasteiger partial charge >= 0.3 is 5.97 Å². The number of hydrogen-bond acceptors (Lipinski definition) is 4. The number of benzene rings is 1. The first-order valence-corrected chi connectivity index (χ1v) is 8.24. The van der Waals surface area contributed by atoms with Crippen LogP contribution in [0.3, 0.4) is 0 Å². The zero-order valence-corrected chi connectivity index (χ0v) is 14.9. The Kier molecular flexibility index (Phi) is 6.09. The van der Waals surface area contributed by atoms with E-state index in [1.54, 1.807) is 45.9 Å². The van der Waals surface area contributed by atoms with Crippen LogP contribution in [0.2, 0.25) is 0 Å². The Morgan fingerprint density at radius 3 is 2.60 bits per heavy atom. The monoisotopic (exact) mass is 346 g/mol. The van der Waals surface area contributed by atoms with Crippen LogP contribution in [0.25, 0.3) is 0 Å². The number of aromatic amines is 1. The quantitative estimate of drug-likeness (QED) is 0.596. The molecule has 0 spiro atoms. The van der Waals surface area contributed by atoms with Gasteiger partial charge in [-0.3, -0.25) is 4.79 Å². The summed E-state index contributed by atoms with van der Waals surface area (Å²) in [5.41, 5.74) is 2.43. The third-order valence-corrected chi connectivity index (χ3v) is 4.11. The Labute approximate surface area is 146 Å². The first-order valence-electron chi connectivity index (χ1n) is 8.24. The molecule has 1 atom stereocenters. The number of aryl methyl sites for hydroxylation is 1. The topological polar surface area (TPSA) is 71.2 Å². The van der Waals surface area contributed by atoms with Crippen molar-refractivity contribution in [3.8, 4) is 0 Å². The zero-order chi connectivity index (χ0) is 18.6. The van der Waals surface area contributed by atoms with Gasteiger partial charge in [0.2, 0.25) is 0 Å². The maximum absolute atomic E-state index is 13.7. The number of aromatic nitrogens is 1. The summed E-state index contributed by atoms with van der Waals surface area (Å²) in [7, 11) is 0. The molecule has 2 N–H and O–H groups in total. The van der Waals surface area contributed by atoms with Crippen molar-refractivity contribution in [3.05, 3.63) is 58.2 Å². The molecule has 0 aliphatic heterocycles. The second-order valence-corrected chi connectivity index (χ2v) is 5.90. The lowest BCUT2D eigenvalue weighted by molar-refractivity contribution is 0.0525. The molecule has 6 heteroatoms. The van der Waals surface area contributed by atoms with E-state index in [0.29, 0.717) is 28.1 Å².